The van der Waals surface area contributed by atoms with Gasteiger partial charge in [-0.05, 0) is 42.5 Å². The third kappa shape index (κ3) is 2.29. The molecule has 112 valence electrons. The zero-order valence-corrected chi connectivity index (χ0v) is 12.6. The maximum Gasteiger partial charge on any atom is 0.255 e. The molecule has 5 heteroatoms. The Hall–Kier alpha value is -2.20. The molecule has 1 N–H and O–H groups in total. The van der Waals surface area contributed by atoms with Gasteiger partial charge in [0.1, 0.15) is 0 Å². The van der Waals surface area contributed by atoms with Crippen molar-refractivity contribution in [3.63, 3.8) is 0 Å². The van der Waals surface area contributed by atoms with E-state index in [1.54, 1.807) is 12.1 Å². The predicted molar refractivity (Wildman–Crippen MR) is 84.0 cm³/mol. The lowest BCUT2D eigenvalue weighted by molar-refractivity contribution is 0.102. The molecule has 0 fully saturated rings. The first kappa shape index (κ1) is 13.5. The lowest BCUT2D eigenvalue weighted by Crippen LogP contribution is -2.12. The number of aryl methyl sites for hydroxylation is 2. The number of carbonyl (C=O) groups is 1. The molecule has 2 aromatic carbocycles. The van der Waals surface area contributed by atoms with Gasteiger partial charge in [-0.1, -0.05) is 17.7 Å². The van der Waals surface area contributed by atoms with Crippen LogP contribution in [0.3, 0.4) is 0 Å². The van der Waals surface area contributed by atoms with Crippen LogP contribution in [0.5, 0.6) is 11.5 Å². The molecule has 0 radical (unpaired) electrons. The molecule has 0 atom stereocenters. The molecule has 4 nitrogen and oxygen atoms in total. The van der Waals surface area contributed by atoms with Crippen molar-refractivity contribution >= 4 is 23.2 Å². The van der Waals surface area contributed by atoms with Crippen molar-refractivity contribution in [2.75, 3.05) is 12.1 Å². The third-order valence-corrected chi connectivity index (χ3v) is 4.38. The maximum atomic E-state index is 12.4. The highest BCUT2D eigenvalue weighted by molar-refractivity contribution is 6.34. The van der Waals surface area contributed by atoms with Crippen molar-refractivity contribution in [2.45, 2.75) is 19.3 Å². The lowest BCUT2D eigenvalue weighted by atomic mass is 10.1. The second-order valence-electron chi connectivity index (χ2n) is 5.48. The van der Waals surface area contributed by atoms with Crippen molar-refractivity contribution < 1.29 is 14.3 Å². The molecule has 2 aliphatic rings. The van der Waals surface area contributed by atoms with E-state index in [9.17, 15) is 4.79 Å². The van der Waals surface area contributed by atoms with Crippen molar-refractivity contribution in [1.82, 2.24) is 0 Å². The highest BCUT2D eigenvalue weighted by Crippen LogP contribution is 2.39. The lowest BCUT2D eigenvalue weighted by Gasteiger charge is -2.09. The molecule has 0 aromatic heterocycles. The van der Waals surface area contributed by atoms with E-state index in [-0.39, 0.29) is 12.7 Å². The van der Waals surface area contributed by atoms with Crippen LogP contribution in [0.2, 0.25) is 5.02 Å². The normalized spacial score (nSPS) is 14.8. The van der Waals surface area contributed by atoms with Crippen LogP contribution < -0.4 is 14.8 Å². The molecular formula is C17H14ClNO3. The number of carbonyl (C=O) groups excluding carboxylic acids is 1. The van der Waals surface area contributed by atoms with E-state index in [0.717, 1.165) is 19.3 Å². The van der Waals surface area contributed by atoms with Crippen LogP contribution in [0.15, 0.2) is 30.3 Å². The van der Waals surface area contributed by atoms with Crippen molar-refractivity contribution in [1.29, 1.82) is 0 Å². The zero-order chi connectivity index (χ0) is 15.1. The first-order valence-electron chi connectivity index (χ1n) is 7.23. The molecule has 22 heavy (non-hydrogen) atoms. The predicted octanol–water partition coefficient (Wildman–Crippen LogP) is 3.81. The quantitative estimate of drug-likeness (QED) is 0.916. The molecule has 0 saturated heterocycles. The SMILES string of the molecule is O=C(Nc1cc2c(cc1Cl)OCO2)c1ccc2c(c1)CCC2. The fourth-order valence-electron chi connectivity index (χ4n) is 2.92. The number of fused-ring (bicyclic) bond motifs is 2. The minimum atomic E-state index is -0.171. The summed E-state index contributed by atoms with van der Waals surface area (Å²) in [5.74, 6) is 1.02. The van der Waals surface area contributed by atoms with Crippen molar-refractivity contribution in [2.24, 2.45) is 0 Å². The minimum absolute atomic E-state index is 0.171. The van der Waals surface area contributed by atoms with Crippen LogP contribution >= 0.6 is 11.6 Å². The van der Waals surface area contributed by atoms with Crippen LogP contribution in [-0.4, -0.2) is 12.7 Å². The van der Waals surface area contributed by atoms with Gasteiger partial charge in [0.25, 0.3) is 5.91 Å². The number of halogens is 1. The van der Waals surface area contributed by atoms with Gasteiger partial charge in [0.05, 0.1) is 10.7 Å². The van der Waals surface area contributed by atoms with Gasteiger partial charge in [0.2, 0.25) is 6.79 Å². The Labute approximate surface area is 133 Å². The molecule has 1 heterocycles. The molecule has 0 unspecified atom stereocenters. The smallest absolute Gasteiger partial charge is 0.255 e. The number of hydrogen-bond donors (Lipinski definition) is 1. The summed E-state index contributed by atoms with van der Waals surface area (Å²) < 4.78 is 10.6. The first-order valence-corrected chi connectivity index (χ1v) is 7.61. The van der Waals surface area contributed by atoms with Crippen molar-refractivity contribution in [3.05, 3.63) is 52.0 Å². The minimum Gasteiger partial charge on any atom is -0.454 e. The van der Waals surface area contributed by atoms with E-state index < -0.39 is 0 Å². The number of nitrogens with one attached hydrogen (secondary N) is 1. The molecule has 1 aliphatic carbocycles. The fraction of sp³-hybridized carbons (Fsp3) is 0.235. The van der Waals surface area contributed by atoms with E-state index in [0.29, 0.717) is 27.8 Å². The van der Waals surface area contributed by atoms with Gasteiger partial charge < -0.3 is 14.8 Å². The Morgan fingerprint density at radius 1 is 1.05 bits per heavy atom. The molecule has 0 spiro atoms. The Bertz CT molecular complexity index is 773. The Kier molecular flexibility index (Phi) is 3.19. The summed E-state index contributed by atoms with van der Waals surface area (Å²) in [4.78, 5) is 12.4. The third-order valence-electron chi connectivity index (χ3n) is 4.07. The fourth-order valence-corrected chi connectivity index (χ4v) is 3.12. The second kappa shape index (κ2) is 5.21. The summed E-state index contributed by atoms with van der Waals surface area (Å²) in [6.07, 6.45) is 3.31. The summed E-state index contributed by atoms with van der Waals surface area (Å²) in [5.41, 5.74) is 3.79. The van der Waals surface area contributed by atoms with Gasteiger partial charge in [-0.3, -0.25) is 4.79 Å². The number of rotatable bonds is 2. The van der Waals surface area contributed by atoms with Gasteiger partial charge >= 0.3 is 0 Å². The summed E-state index contributed by atoms with van der Waals surface area (Å²) in [6.45, 7) is 0.174. The maximum absolute atomic E-state index is 12.4. The highest BCUT2D eigenvalue weighted by atomic mass is 35.5. The summed E-state index contributed by atoms with van der Waals surface area (Å²) in [5, 5.41) is 3.27. The standard InChI is InChI=1S/C17H14ClNO3/c18-13-7-15-16(22-9-21-15)8-14(13)19-17(20)12-5-4-10-2-1-3-11(10)6-12/h4-8H,1-3,9H2,(H,19,20). The van der Waals surface area contributed by atoms with E-state index in [2.05, 4.69) is 5.32 Å². The molecule has 0 saturated carbocycles. The summed E-state index contributed by atoms with van der Waals surface area (Å²) in [6, 6.07) is 9.22. The Morgan fingerprint density at radius 3 is 2.68 bits per heavy atom. The molecule has 1 amide bonds. The molecule has 0 bridgehead atoms. The van der Waals surface area contributed by atoms with E-state index >= 15 is 0 Å². The summed E-state index contributed by atoms with van der Waals surface area (Å²) in [7, 11) is 0. The molecule has 2 aromatic rings. The zero-order valence-electron chi connectivity index (χ0n) is 11.8. The number of amides is 1. The Morgan fingerprint density at radius 2 is 1.82 bits per heavy atom. The number of ether oxygens (including phenoxy) is 2. The molecule has 4 rings (SSSR count). The average Bonchev–Trinajstić information content (AvgIpc) is 3.14. The number of benzene rings is 2. The first-order chi connectivity index (χ1) is 10.7. The molecule has 1 aliphatic heterocycles. The summed E-state index contributed by atoms with van der Waals surface area (Å²) >= 11 is 6.18. The van der Waals surface area contributed by atoms with Gasteiger partial charge in [-0.2, -0.15) is 0 Å². The molecular weight excluding hydrogens is 302 g/mol. The van der Waals surface area contributed by atoms with E-state index in [4.69, 9.17) is 21.1 Å². The number of anilines is 1. The average molecular weight is 316 g/mol. The van der Waals surface area contributed by atoms with Gasteiger partial charge in [0, 0.05) is 17.7 Å². The van der Waals surface area contributed by atoms with Crippen LogP contribution in [0.25, 0.3) is 0 Å². The van der Waals surface area contributed by atoms with Gasteiger partial charge in [-0.15, -0.1) is 0 Å². The number of hydrogen-bond acceptors (Lipinski definition) is 3. The monoisotopic (exact) mass is 315 g/mol. The van der Waals surface area contributed by atoms with Gasteiger partial charge in [0.15, 0.2) is 11.5 Å². The van der Waals surface area contributed by atoms with Gasteiger partial charge in [-0.25, -0.2) is 0 Å². The van der Waals surface area contributed by atoms with Crippen LogP contribution in [-0.2, 0) is 12.8 Å². The largest absolute Gasteiger partial charge is 0.454 e. The topological polar surface area (TPSA) is 47.6 Å². The van der Waals surface area contributed by atoms with E-state index in [1.807, 2.05) is 18.2 Å². The highest BCUT2D eigenvalue weighted by Gasteiger charge is 2.19. The Balaban J connectivity index is 1.60. The van der Waals surface area contributed by atoms with Crippen LogP contribution in [0, 0.1) is 0 Å². The van der Waals surface area contributed by atoms with Crippen LogP contribution in [0.4, 0.5) is 5.69 Å². The van der Waals surface area contributed by atoms with E-state index in [1.165, 1.54) is 11.1 Å². The van der Waals surface area contributed by atoms with Crippen LogP contribution in [0.1, 0.15) is 27.9 Å². The van der Waals surface area contributed by atoms with Crippen molar-refractivity contribution in [3.8, 4) is 11.5 Å². The second-order valence-corrected chi connectivity index (χ2v) is 5.88.